The number of aryl methyl sites for hydroxylation is 1. The summed E-state index contributed by atoms with van der Waals surface area (Å²) in [5.74, 6) is 1.84. The van der Waals surface area contributed by atoms with E-state index in [1.807, 2.05) is 6.20 Å². The van der Waals surface area contributed by atoms with Crippen molar-refractivity contribution < 1.29 is 4.79 Å². The molecule has 0 saturated carbocycles. The number of imidazole rings is 1. The van der Waals surface area contributed by atoms with Crippen LogP contribution in [0.5, 0.6) is 0 Å². The summed E-state index contributed by atoms with van der Waals surface area (Å²) in [4.78, 5) is 22.3. The fourth-order valence-corrected chi connectivity index (χ4v) is 4.37. The van der Waals surface area contributed by atoms with E-state index in [1.54, 1.807) is 0 Å². The molecule has 1 amide bonds. The van der Waals surface area contributed by atoms with Gasteiger partial charge in [-0.3, -0.25) is 9.69 Å². The van der Waals surface area contributed by atoms with E-state index >= 15 is 0 Å². The molecule has 0 aliphatic carbocycles. The molecule has 0 radical (unpaired) electrons. The Labute approximate surface area is 152 Å². The number of carbonyl (C=O) groups excluding carboxylic acids is 1. The van der Waals surface area contributed by atoms with Crippen LogP contribution in [0.25, 0.3) is 0 Å². The van der Waals surface area contributed by atoms with Gasteiger partial charge in [-0.25, -0.2) is 4.98 Å². The third-order valence-electron chi connectivity index (χ3n) is 5.99. The fourth-order valence-electron chi connectivity index (χ4n) is 4.37. The molecule has 1 aromatic heterocycles. The quantitative estimate of drug-likeness (QED) is 0.794. The molecule has 0 unspecified atom stereocenters. The Morgan fingerprint density at radius 2 is 2.00 bits per heavy atom. The van der Waals surface area contributed by atoms with Gasteiger partial charge in [-0.15, -0.1) is 0 Å². The number of amides is 1. The lowest BCUT2D eigenvalue weighted by atomic mass is 9.93. The zero-order chi connectivity index (χ0) is 17.9. The minimum atomic E-state index is -0.379. The summed E-state index contributed by atoms with van der Waals surface area (Å²) in [5, 5.41) is 0. The van der Waals surface area contributed by atoms with Crippen LogP contribution in [0.1, 0.15) is 71.0 Å². The zero-order valence-electron chi connectivity index (χ0n) is 16.2. The monoisotopic (exact) mass is 346 g/mol. The lowest BCUT2D eigenvalue weighted by molar-refractivity contribution is -0.143. The normalized spacial score (nSPS) is 22.5. The number of hydrogen-bond acceptors (Lipinski definition) is 3. The maximum absolute atomic E-state index is 13.2. The van der Waals surface area contributed by atoms with Gasteiger partial charge in [0.05, 0.1) is 5.54 Å². The summed E-state index contributed by atoms with van der Waals surface area (Å²) in [7, 11) is 0. The van der Waals surface area contributed by atoms with Gasteiger partial charge in [0.15, 0.2) is 0 Å². The minimum absolute atomic E-state index is 0.297. The van der Waals surface area contributed by atoms with E-state index in [0.29, 0.717) is 11.8 Å². The van der Waals surface area contributed by atoms with Crippen molar-refractivity contribution in [3.05, 3.63) is 18.2 Å². The third-order valence-corrected chi connectivity index (χ3v) is 5.99. The highest BCUT2D eigenvalue weighted by Gasteiger charge is 2.40. The molecule has 2 saturated heterocycles. The number of likely N-dealkylation sites (tertiary alicyclic amines) is 2. The average Bonchev–Trinajstić information content (AvgIpc) is 3.31. The zero-order valence-corrected chi connectivity index (χ0v) is 16.2. The van der Waals surface area contributed by atoms with Crippen molar-refractivity contribution in [2.24, 2.45) is 0 Å². The van der Waals surface area contributed by atoms with Crippen LogP contribution in [0.2, 0.25) is 0 Å². The molecule has 1 atom stereocenters. The summed E-state index contributed by atoms with van der Waals surface area (Å²) >= 11 is 0. The molecule has 140 valence electrons. The number of aromatic nitrogens is 2. The molecule has 2 fully saturated rings. The lowest BCUT2D eigenvalue weighted by Crippen LogP contribution is -2.56. The van der Waals surface area contributed by atoms with Crippen LogP contribution in [0.3, 0.4) is 0 Å². The summed E-state index contributed by atoms with van der Waals surface area (Å²) in [6, 6.07) is 0. The van der Waals surface area contributed by atoms with E-state index in [-0.39, 0.29) is 5.54 Å². The molecule has 5 nitrogen and oxygen atoms in total. The second-order valence-corrected chi connectivity index (χ2v) is 8.18. The molecule has 3 heterocycles. The highest BCUT2D eigenvalue weighted by molar-refractivity contribution is 5.85. The number of carbonyl (C=O) groups is 1. The Morgan fingerprint density at radius 1 is 1.24 bits per heavy atom. The second kappa shape index (κ2) is 7.90. The van der Waals surface area contributed by atoms with Gasteiger partial charge in [-0.1, -0.05) is 13.3 Å². The molecule has 0 N–H and O–H groups in total. The fraction of sp³-hybridized carbons (Fsp3) is 0.800. The van der Waals surface area contributed by atoms with Crippen LogP contribution in [-0.2, 0) is 11.3 Å². The van der Waals surface area contributed by atoms with Gasteiger partial charge >= 0.3 is 0 Å². The van der Waals surface area contributed by atoms with Gasteiger partial charge in [0, 0.05) is 37.9 Å². The van der Waals surface area contributed by atoms with Crippen LogP contribution >= 0.6 is 0 Å². The molecule has 0 bridgehead atoms. The van der Waals surface area contributed by atoms with E-state index in [2.05, 4.69) is 46.3 Å². The second-order valence-electron chi connectivity index (χ2n) is 8.18. The molecule has 25 heavy (non-hydrogen) atoms. The predicted octanol–water partition coefficient (Wildman–Crippen LogP) is 3.26. The number of nitrogens with zero attached hydrogens (tertiary/aromatic N) is 4. The van der Waals surface area contributed by atoms with Crippen LogP contribution in [0.4, 0.5) is 0 Å². The Balaban J connectivity index is 1.68. The highest BCUT2D eigenvalue weighted by atomic mass is 16.2. The molecule has 3 rings (SSSR count). The van der Waals surface area contributed by atoms with E-state index in [9.17, 15) is 4.79 Å². The smallest absolute Gasteiger partial charge is 0.242 e. The van der Waals surface area contributed by atoms with Crippen molar-refractivity contribution in [3.8, 4) is 0 Å². The number of unbranched alkanes of at least 4 members (excludes halogenated alkanes) is 1. The van der Waals surface area contributed by atoms with Gasteiger partial charge in [0.2, 0.25) is 5.91 Å². The van der Waals surface area contributed by atoms with Crippen LogP contribution in [0, 0.1) is 0 Å². The van der Waals surface area contributed by atoms with E-state index in [4.69, 9.17) is 0 Å². The molecule has 2 aliphatic rings. The first-order valence-electron chi connectivity index (χ1n) is 10.1. The molecule has 2 aliphatic heterocycles. The molecule has 1 aromatic rings. The molecule has 5 heteroatoms. The molecular formula is C20H34N4O. The standard InChI is InChI=1S/C20H34N4O/c1-4-5-11-22-15-10-21-18(22)17-9-8-12-23(16-17)19(25)20(2,3)24-13-6-7-14-24/h10,15,17H,4-9,11-14,16H2,1-3H3/t17-/m1/s1. The molecular weight excluding hydrogens is 312 g/mol. The first-order chi connectivity index (χ1) is 12.0. The third kappa shape index (κ3) is 3.91. The minimum Gasteiger partial charge on any atom is -0.340 e. The van der Waals surface area contributed by atoms with Gasteiger partial charge in [0.1, 0.15) is 5.82 Å². The van der Waals surface area contributed by atoms with Crippen LogP contribution in [-0.4, -0.2) is 57.0 Å². The first kappa shape index (κ1) is 18.4. The molecule has 0 spiro atoms. The Hall–Kier alpha value is -1.36. The highest BCUT2D eigenvalue weighted by Crippen LogP contribution is 2.30. The van der Waals surface area contributed by atoms with E-state index in [0.717, 1.165) is 45.6 Å². The number of hydrogen-bond donors (Lipinski definition) is 0. The van der Waals surface area contributed by atoms with Gasteiger partial charge < -0.3 is 9.47 Å². The summed E-state index contributed by atoms with van der Waals surface area (Å²) in [6.45, 7) is 11.3. The largest absolute Gasteiger partial charge is 0.340 e. The Morgan fingerprint density at radius 3 is 2.72 bits per heavy atom. The van der Waals surface area contributed by atoms with Crippen molar-refractivity contribution in [1.29, 1.82) is 0 Å². The lowest BCUT2D eigenvalue weighted by Gasteiger charge is -2.41. The maximum Gasteiger partial charge on any atom is 0.242 e. The first-order valence-corrected chi connectivity index (χ1v) is 10.1. The molecule has 0 aromatic carbocycles. The summed E-state index contributed by atoms with van der Waals surface area (Å²) in [6.07, 6.45) is 11.0. The van der Waals surface area contributed by atoms with Gasteiger partial charge in [-0.2, -0.15) is 0 Å². The van der Waals surface area contributed by atoms with Gasteiger partial charge in [0.25, 0.3) is 0 Å². The number of piperidine rings is 1. The van der Waals surface area contributed by atoms with Crippen LogP contribution in [0.15, 0.2) is 12.4 Å². The Bertz CT molecular complexity index is 574. The summed E-state index contributed by atoms with van der Waals surface area (Å²) < 4.78 is 2.30. The van der Waals surface area contributed by atoms with E-state index < -0.39 is 0 Å². The Kier molecular flexibility index (Phi) is 5.82. The number of rotatable bonds is 6. The van der Waals surface area contributed by atoms with Gasteiger partial charge in [-0.05, 0) is 59.0 Å². The topological polar surface area (TPSA) is 41.4 Å². The SMILES string of the molecule is CCCCn1ccnc1[C@@H]1CCCN(C(=O)C(C)(C)N2CCCC2)C1. The average molecular weight is 347 g/mol. The van der Waals surface area contributed by atoms with Crippen molar-refractivity contribution in [2.75, 3.05) is 26.2 Å². The van der Waals surface area contributed by atoms with Crippen molar-refractivity contribution >= 4 is 5.91 Å². The van der Waals surface area contributed by atoms with Crippen molar-refractivity contribution in [3.63, 3.8) is 0 Å². The summed E-state index contributed by atoms with van der Waals surface area (Å²) in [5.41, 5.74) is -0.379. The van der Waals surface area contributed by atoms with E-state index in [1.165, 1.54) is 31.5 Å². The van der Waals surface area contributed by atoms with Crippen LogP contribution < -0.4 is 0 Å². The van der Waals surface area contributed by atoms with Crippen molar-refractivity contribution in [1.82, 2.24) is 19.4 Å². The van der Waals surface area contributed by atoms with Crippen molar-refractivity contribution in [2.45, 2.75) is 77.3 Å². The predicted molar refractivity (Wildman–Crippen MR) is 101 cm³/mol. The maximum atomic E-state index is 13.2.